The zero-order valence-corrected chi connectivity index (χ0v) is 11.6. The molecule has 1 N–H and O–H groups in total. The van der Waals surface area contributed by atoms with E-state index >= 15 is 0 Å². The SMILES string of the molecule is CCNc1nc(OCC)nc(N2CC3CCC2C3)n1. The van der Waals surface area contributed by atoms with E-state index in [1.807, 2.05) is 13.8 Å². The minimum absolute atomic E-state index is 0.422. The molecule has 1 aromatic heterocycles. The number of nitrogens with one attached hydrogen (secondary N) is 1. The van der Waals surface area contributed by atoms with Crippen LogP contribution < -0.4 is 15.0 Å². The number of hydrogen-bond acceptors (Lipinski definition) is 6. The van der Waals surface area contributed by atoms with Crippen molar-refractivity contribution in [3.8, 4) is 6.01 Å². The molecule has 104 valence electrons. The maximum Gasteiger partial charge on any atom is 0.323 e. The minimum atomic E-state index is 0.422. The summed E-state index contributed by atoms with van der Waals surface area (Å²) in [5.74, 6) is 2.19. The fourth-order valence-electron chi connectivity index (χ4n) is 3.07. The van der Waals surface area contributed by atoms with Gasteiger partial charge in [-0.3, -0.25) is 0 Å². The van der Waals surface area contributed by atoms with Crippen molar-refractivity contribution in [3.05, 3.63) is 0 Å². The Kier molecular flexibility index (Phi) is 3.40. The molecule has 1 saturated carbocycles. The number of nitrogens with zero attached hydrogens (tertiary/aromatic N) is 4. The zero-order valence-electron chi connectivity index (χ0n) is 11.6. The molecule has 1 aliphatic carbocycles. The van der Waals surface area contributed by atoms with E-state index in [1.54, 1.807) is 0 Å². The highest BCUT2D eigenvalue weighted by molar-refractivity contribution is 5.41. The van der Waals surface area contributed by atoms with Crippen molar-refractivity contribution in [2.45, 2.75) is 39.2 Å². The Bertz CT molecular complexity index is 428. The molecule has 2 aliphatic rings. The Balaban J connectivity index is 1.86. The van der Waals surface area contributed by atoms with Crippen molar-refractivity contribution in [1.82, 2.24) is 15.0 Å². The highest BCUT2D eigenvalue weighted by Gasteiger charge is 2.39. The van der Waals surface area contributed by atoms with E-state index in [0.29, 0.717) is 24.6 Å². The third-order valence-electron chi connectivity index (χ3n) is 3.88. The van der Waals surface area contributed by atoms with E-state index in [9.17, 15) is 0 Å². The fourth-order valence-corrected chi connectivity index (χ4v) is 3.07. The van der Waals surface area contributed by atoms with Crippen LogP contribution in [0.5, 0.6) is 6.01 Å². The quantitative estimate of drug-likeness (QED) is 0.872. The van der Waals surface area contributed by atoms with Crippen LogP contribution in [-0.2, 0) is 0 Å². The Labute approximate surface area is 113 Å². The molecular weight excluding hydrogens is 242 g/mol. The van der Waals surface area contributed by atoms with Gasteiger partial charge in [0.1, 0.15) is 0 Å². The number of aromatic nitrogens is 3. The normalized spacial score (nSPS) is 24.8. The Morgan fingerprint density at radius 3 is 2.79 bits per heavy atom. The van der Waals surface area contributed by atoms with E-state index in [0.717, 1.165) is 25.0 Å². The summed E-state index contributed by atoms with van der Waals surface area (Å²) in [4.78, 5) is 15.5. The van der Waals surface area contributed by atoms with Gasteiger partial charge in [-0.05, 0) is 39.0 Å². The van der Waals surface area contributed by atoms with Gasteiger partial charge in [-0.2, -0.15) is 15.0 Å². The van der Waals surface area contributed by atoms with Crippen LogP contribution in [0.3, 0.4) is 0 Å². The topological polar surface area (TPSA) is 63.2 Å². The van der Waals surface area contributed by atoms with Crippen LogP contribution in [0, 0.1) is 5.92 Å². The van der Waals surface area contributed by atoms with Gasteiger partial charge in [-0.1, -0.05) is 0 Å². The molecule has 0 aromatic carbocycles. The van der Waals surface area contributed by atoms with E-state index in [2.05, 4.69) is 25.2 Å². The summed E-state index contributed by atoms with van der Waals surface area (Å²) < 4.78 is 5.44. The summed E-state index contributed by atoms with van der Waals surface area (Å²) in [7, 11) is 0. The first-order valence-corrected chi connectivity index (χ1v) is 7.19. The first kappa shape index (κ1) is 12.4. The highest BCUT2D eigenvalue weighted by Crippen LogP contribution is 2.39. The number of piperidine rings is 1. The maximum absolute atomic E-state index is 5.44. The van der Waals surface area contributed by atoms with E-state index in [1.165, 1.54) is 19.3 Å². The molecule has 2 heterocycles. The molecule has 0 radical (unpaired) electrons. The standard InChI is InChI=1S/C13H21N5O/c1-3-14-11-15-12(17-13(16-11)19-4-2)18-8-9-5-6-10(18)7-9/h9-10H,3-8H2,1-2H3,(H,14,15,16,17). The van der Waals surface area contributed by atoms with E-state index in [4.69, 9.17) is 4.74 Å². The summed E-state index contributed by atoms with van der Waals surface area (Å²) in [6.45, 7) is 6.41. The van der Waals surface area contributed by atoms with Gasteiger partial charge >= 0.3 is 6.01 Å². The fraction of sp³-hybridized carbons (Fsp3) is 0.769. The molecule has 1 aliphatic heterocycles. The number of rotatable bonds is 5. The second-order valence-electron chi connectivity index (χ2n) is 5.19. The van der Waals surface area contributed by atoms with Crippen LogP contribution in [-0.4, -0.2) is 40.7 Å². The maximum atomic E-state index is 5.44. The second kappa shape index (κ2) is 5.19. The van der Waals surface area contributed by atoms with Gasteiger partial charge in [0.15, 0.2) is 0 Å². The number of hydrogen-bond donors (Lipinski definition) is 1. The van der Waals surface area contributed by atoms with Crippen molar-refractivity contribution in [1.29, 1.82) is 0 Å². The van der Waals surface area contributed by atoms with Gasteiger partial charge in [0.2, 0.25) is 11.9 Å². The third-order valence-corrected chi connectivity index (χ3v) is 3.88. The monoisotopic (exact) mass is 263 g/mol. The van der Waals surface area contributed by atoms with Crippen molar-refractivity contribution >= 4 is 11.9 Å². The predicted octanol–water partition coefficient (Wildman–Crippen LogP) is 1.69. The molecule has 6 heteroatoms. The smallest absolute Gasteiger partial charge is 0.323 e. The van der Waals surface area contributed by atoms with Crippen LogP contribution in [0.2, 0.25) is 0 Å². The Hall–Kier alpha value is -1.59. The average molecular weight is 263 g/mol. The van der Waals surface area contributed by atoms with E-state index < -0.39 is 0 Å². The minimum Gasteiger partial charge on any atom is -0.464 e. The summed E-state index contributed by atoms with van der Waals surface area (Å²) in [6, 6.07) is 1.03. The van der Waals surface area contributed by atoms with Crippen molar-refractivity contribution in [2.24, 2.45) is 5.92 Å². The average Bonchev–Trinajstić information content (AvgIpc) is 3.01. The molecule has 6 nitrogen and oxygen atoms in total. The molecule has 0 amide bonds. The largest absolute Gasteiger partial charge is 0.464 e. The van der Waals surface area contributed by atoms with Gasteiger partial charge < -0.3 is 15.0 Å². The van der Waals surface area contributed by atoms with Crippen LogP contribution in [0.25, 0.3) is 0 Å². The van der Waals surface area contributed by atoms with Gasteiger partial charge in [0, 0.05) is 19.1 Å². The molecule has 1 aromatic rings. The lowest BCUT2D eigenvalue weighted by molar-refractivity contribution is 0.311. The van der Waals surface area contributed by atoms with E-state index in [-0.39, 0.29) is 0 Å². The lowest BCUT2D eigenvalue weighted by Gasteiger charge is -2.27. The molecule has 0 spiro atoms. The summed E-state index contributed by atoms with van der Waals surface area (Å²) in [6.07, 6.45) is 3.90. The number of anilines is 2. The van der Waals surface area contributed by atoms with Crippen molar-refractivity contribution in [2.75, 3.05) is 29.9 Å². The zero-order chi connectivity index (χ0) is 13.2. The molecule has 2 unspecified atom stereocenters. The third kappa shape index (κ3) is 2.43. The van der Waals surface area contributed by atoms with Crippen molar-refractivity contribution in [3.63, 3.8) is 0 Å². The van der Waals surface area contributed by atoms with Crippen LogP contribution >= 0.6 is 0 Å². The number of ether oxygens (including phenoxy) is 1. The lowest BCUT2D eigenvalue weighted by Crippen LogP contribution is -2.33. The second-order valence-corrected chi connectivity index (χ2v) is 5.19. The molecule has 19 heavy (non-hydrogen) atoms. The summed E-state index contributed by atoms with van der Waals surface area (Å²) in [5, 5.41) is 3.15. The molecule has 1 saturated heterocycles. The summed E-state index contributed by atoms with van der Waals surface area (Å²) in [5.41, 5.74) is 0. The number of fused-ring (bicyclic) bond motifs is 2. The molecular formula is C13H21N5O. The molecule has 2 fully saturated rings. The van der Waals surface area contributed by atoms with Crippen LogP contribution in [0.15, 0.2) is 0 Å². The van der Waals surface area contributed by atoms with Crippen molar-refractivity contribution < 1.29 is 4.74 Å². The van der Waals surface area contributed by atoms with Crippen LogP contribution in [0.4, 0.5) is 11.9 Å². The first-order chi connectivity index (χ1) is 9.30. The van der Waals surface area contributed by atoms with Crippen LogP contribution in [0.1, 0.15) is 33.1 Å². The molecule has 2 bridgehead atoms. The molecule has 2 atom stereocenters. The van der Waals surface area contributed by atoms with Gasteiger partial charge in [-0.15, -0.1) is 0 Å². The van der Waals surface area contributed by atoms with Gasteiger partial charge in [-0.25, -0.2) is 0 Å². The lowest BCUT2D eigenvalue weighted by atomic mass is 10.1. The van der Waals surface area contributed by atoms with Gasteiger partial charge in [0.05, 0.1) is 6.61 Å². The molecule has 3 rings (SSSR count). The Morgan fingerprint density at radius 1 is 1.26 bits per heavy atom. The Morgan fingerprint density at radius 2 is 2.16 bits per heavy atom. The predicted molar refractivity (Wildman–Crippen MR) is 73.6 cm³/mol. The highest BCUT2D eigenvalue weighted by atomic mass is 16.5. The first-order valence-electron chi connectivity index (χ1n) is 7.19. The summed E-state index contributed by atoms with van der Waals surface area (Å²) >= 11 is 0. The van der Waals surface area contributed by atoms with Gasteiger partial charge in [0.25, 0.3) is 0 Å².